The highest BCUT2D eigenvalue weighted by Crippen LogP contribution is 2.31. The number of hydrogen-bond donors (Lipinski definition) is 0. The molecule has 0 saturated carbocycles. The first-order chi connectivity index (χ1) is 17.8. The first-order valence-electron chi connectivity index (χ1n) is 11.3. The molecule has 0 saturated heterocycles. The number of ether oxygens (including phenoxy) is 1. The van der Waals surface area contributed by atoms with Crippen molar-refractivity contribution >= 4 is 22.1 Å². The van der Waals surface area contributed by atoms with Crippen molar-refractivity contribution < 1.29 is 30.9 Å². The lowest BCUT2D eigenvalue weighted by molar-refractivity contribution is -0.127. The van der Waals surface area contributed by atoms with Gasteiger partial charge in [0.25, 0.3) is 0 Å². The molecule has 0 N–H and O–H groups in total. The van der Waals surface area contributed by atoms with E-state index in [9.17, 15) is 17.6 Å². The van der Waals surface area contributed by atoms with E-state index in [0.29, 0.717) is 11.3 Å². The molecule has 190 valence electrons. The molecule has 0 fully saturated rings. The molecule has 3 aromatic carbocycles. The molecule has 1 amide bonds. The van der Waals surface area contributed by atoms with Crippen molar-refractivity contribution in [3.8, 4) is 11.5 Å². The van der Waals surface area contributed by atoms with Gasteiger partial charge in [0.05, 0.1) is 19.9 Å². The molecule has 0 bridgehead atoms. The lowest BCUT2D eigenvalue weighted by Gasteiger charge is -2.21. The number of methoxy groups -OCH3 is 1. The quantitative estimate of drug-likeness (QED) is 0.204. The molecule has 0 unspecified atom stereocenters. The Morgan fingerprint density at radius 2 is 1.70 bits per heavy atom. The van der Waals surface area contributed by atoms with Crippen molar-refractivity contribution in [2.45, 2.75) is 18.0 Å². The molecular weight excluding hydrogens is 497 g/mol. The molecule has 0 spiro atoms. The van der Waals surface area contributed by atoms with Gasteiger partial charge in [-0.1, -0.05) is 36.4 Å². The zero-order valence-electron chi connectivity index (χ0n) is 19.9. The molecule has 0 radical (unpaired) electrons. The third-order valence-electron chi connectivity index (χ3n) is 5.36. The Labute approximate surface area is 214 Å². The van der Waals surface area contributed by atoms with Crippen molar-refractivity contribution in [2.24, 2.45) is 0 Å². The SMILES string of the molecule is COc1ccc(CN(Cc2ccco2)C(=O)C=Cc2ccccc2)cc1OS(=O)(=O)c1ccc(F)cc1. The molecule has 9 heteroatoms. The first kappa shape index (κ1) is 25.7. The van der Waals surface area contributed by atoms with Crippen molar-refractivity contribution in [1.82, 2.24) is 4.90 Å². The number of furan rings is 1. The van der Waals surface area contributed by atoms with Crippen molar-refractivity contribution in [3.05, 3.63) is 120 Å². The van der Waals surface area contributed by atoms with Gasteiger partial charge in [0, 0.05) is 12.6 Å². The summed E-state index contributed by atoms with van der Waals surface area (Å²) >= 11 is 0. The van der Waals surface area contributed by atoms with Crippen LogP contribution in [0.2, 0.25) is 0 Å². The molecule has 4 rings (SSSR count). The van der Waals surface area contributed by atoms with E-state index in [0.717, 1.165) is 29.8 Å². The number of halogens is 1. The summed E-state index contributed by atoms with van der Waals surface area (Å²) in [5.41, 5.74) is 1.47. The van der Waals surface area contributed by atoms with Crippen LogP contribution < -0.4 is 8.92 Å². The molecule has 0 aliphatic heterocycles. The Balaban J connectivity index is 1.59. The second kappa shape index (κ2) is 11.6. The molecular formula is C28H24FNO6S. The summed E-state index contributed by atoms with van der Waals surface area (Å²) in [6.07, 6.45) is 4.71. The van der Waals surface area contributed by atoms with E-state index in [1.165, 1.54) is 25.5 Å². The van der Waals surface area contributed by atoms with Crippen molar-refractivity contribution in [3.63, 3.8) is 0 Å². The Bertz CT molecular complexity index is 1470. The summed E-state index contributed by atoms with van der Waals surface area (Å²) < 4.78 is 54.8. The van der Waals surface area contributed by atoms with E-state index < -0.39 is 15.9 Å². The number of rotatable bonds is 10. The lowest BCUT2D eigenvalue weighted by atomic mass is 10.1. The number of carbonyl (C=O) groups is 1. The maximum absolute atomic E-state index is 13.2. The van der Waals surface area contributed by atoms with E-state index in [4.69, 9.17) is 13.3 Å². The topological polar surface area (TPSA) is 86.0 Å². The third kappa shape index (κ3) is 6.86. The van der Waals surface area contributed by atoms with Gasteiger partial charge in [-0.25, -0.2) is 4.39 Å². The number of benzene rings is 3. The van der Waals surface area contributed by atoms with Crippen LogP contribution in [-0.4, -0.2) is 26.3 Å². The number of carbonyl (C=O) groups excluding carboxylic acids is 1. The van der Waals surface area contributed by atoms with Crippen LogP contribution in [0.5, 0.6) is 11.5 Å². The van der Waals surface area contributed by atoms with Crippen LogP contribution in [0.15, 0.2) is 107 Å². The zero-order valence-corrected chi connectivity index (χ0v) is 20.7. The first-order valence-corrected chi connectivity index (χ1v) is 12.7. The van der Waals surface area contributed by atoms with Gasteiger partial charge >= 0.3 is 10.1 Å². The molecule has 0 aliphatic carbocycles. The van der Waals surface area contributed by atoms with E-state index in [1.54, 1.807) is 35.2 Å². The van der Waals surface area contributed by atoms with Crippen LogP contribution in [0.1, 0.15) is 16.9 Å². The smallest absolute Gasteiger partial charge is 0.339 e. The van der Waals surface area contributed by atoms with Gasteiger partial charge in [0.1, 0.15) is 16.5 Å². The second-order valence-corrected chi connectivity index (χ2v) is 9.54. The maximum atomic E-state index is 13.2. The Kier molecular flexibility index (Phi) is 8.05. The summed E-state index contributed by atoms with van der Waals surface area (Å²) in [6, 6.07) is 22.0. The summed E-state index contributed by atoms with van der Waals surface area (Å²) in [5.74, 6) is -0.124. The predicted molar refractivity (Wildman–Crippen MR) is 136 cm³/mol. The standard InChI is InChI=1S/C28H24FNO6S/c1-34-26-15-9-22(18-27(26)36-37(32,33)25-13-11-23(29)12-14-25)19-30(20-24-8-5-17-35-24)28(31)16-10-21-6-3-2-4-7-21/h2-18H,19-20H2,1H3. The molecule has 1 aromatic heterocycles. The molecule has 1 heterocycles. The summed E-state index contributed by atoms with van der Waals surface area (Å²) in [6.45, 7) is 0.330. The Morgan fingerprint density at radius 3 is 2.38 bits per heavy atom. The average Bonchev–Trinajstić information content (AvgIpc) is 3.41. The largest absolute Gasteiger partial charge is 0.493 e. The minimum absolute atomic E-state index is 0.0606. The summed E-state index contributed by atoms with van der Waals surface area (Å²) in [7, 11) is -2.88. The van der Waals surface area contributed by atoms with E-state index in [2.05, 4.69) is 0 Å². The second-order valence-electron chi connectivity index (χ2n) is 7.99. The van der Waals surface area contributed by atoms with Crippen LogP contribution in [0.4, 0.5) is 4.39 Å². The molecule has 0 aliphatic rings. The van der Waals surface area contributed by atoms with Crippen LogP contribution in [-0.2, 0) is 28.0 Å². The lowest BCUT2D eigenvalue weighted by Crippen LogP contribution is -2.28. The van der Waals surface area contributed by atoms with E-state index in [-0.39, 0.29) is 35.4 Å². The normalized spacial score (nSPS) is 11.4. The molecule has 0 atom stereocenters. The summed E-state index contributed by atoms with van der Waals surface area (Å²) in [4.78, 5) is 14.5. The minimum Gasteiger partial charge on any atom is -0.493 e. The highest BCUT2D eigenvalue weighted by atomic mass is 32.2. The fraction of sp³-hybridized carbons (Fsp3) is 0.107. The van der Waals surface area contributed by atoms with Gasteiger partial charge in [-0.15, -0.1) is 0 Å². The average molecular weight is 522 g/mol. The van der Waals surface area contributed by atoms with Crippen molar-refractivity contribution in [2.75, 3.05) is 7.11 Å². The van der Waals surface area contributed by atoms with Gasteiger partial charge < -0.3 is 18.2 Å². The van der Waals surface area contributed by atoms with Crippen LogP contribution in [0, 0.1) is 5.82 Å². The van der Waals surface area contributed by atoms with Crippen LogP contribution in [0.3, 0.4) is 0 Å². The fourth-order valence-electron chi connectivity index (χ4n) is 3.51. The fourth-order valence-corrected chi connectivity index (χ4v) is 4.44. The maximum Gasteiger partial charge on any atom is 0.339 e. The molecule has 4 aromatic rings. The monoisotopic (exact) mass is 521 g/mol. The van der Waals surface area contributed by atoms with Crippen LogP contribution in [0.25, 0.3) is 6.08 Å². The Hall–Kier alpha value is -4.37. The highest BCUT2D eigenvalue weighted by molar-refractivity contribution is 7.87. The zero-order chi connectivity index (χ0) is 26.3. The Morgan fingerprint density at radius 1 is 0.946 bits per heavy atom. The summed E-state index contributed by atoms with van der Waals surface area (Å²) in [5, 5.41) is 0. The highest BCUT2D eigenvalue weighted by Gasteiger charge is 2.21. The molecule has 7 nitrogen and oxygen atoms in total. The van der Waals surface area contributed by atoms with Gasteiger partial charge in [0.15, 0.2) is 11.5 Å². The van der Waals surface area contributed by atoms with Crippen molar-refractivity contribution in [1.29, 1.82) is 0 Å². The van der Waals surface area contributed by atoms with Gasteiger partial charge in [0.2, 0.25) is 5.91 Å². The van der Waals surface area contributed by atoms with Crippen LogP contribution >= 0.6 is 0 Å². The van der Waals surface area contributed by atoms with Gasteiger partial charge in [-0.3, -0.25) is 4.79 Å². The van der Waals surface area contributed by atoms with Gasteiger partial charge in [-0.2, -0.15) is 8.42 Å². The number of nitrogens with zero attached hydrogens (tertiary/aromatic N) is 1. The third-order valence-corrected chi connectivity index (χ3v) is 6.61. The van der Waals surface area contributed by atoms with E-state index >= 15 is 0 Å². The molecule has 37 heavy (non-hydrogen) atoms. The van der Waals surface area contributed by atoms with Gasteiger partial charge in [-0.05, 0) is 65.7 Å². The number of amides is 1. The predicted octanol–water partition coefficient (Wildman–Crippen LogP) is 5.44. The minimum atomic E-state index is -4.26. The van der Waals surface area contributed by atoms with E-state index in [1.807, 2.05) is 30.3 Å². The number of hydrogen-bond acceptors (Lipinski definition) is 6.